The lowest BCUT2D eigenvalue weighted by atomic mass is 10.1. The monoisotopic (exact) mass is 234 g/mol. The molecule has 0 spiro atoms. The van der Waals surface area contributed by atoms with Gasteiger partial charge in [-0.25, -0.2) is 4.98 Å². The van der Waals surface area contributed by atoms with E-state index in [2.05, 4.69) is 4.98 Å². The Bertz CT molecular complexity index is 339. The molecular formula is C10H13F3N2O. The molecule has 0 aromatic carbocycles. The SMILES string of the molecule is CC(N)c1cccnc1OCCC(F)(F)F. The molecule has 2 N–H and O–H groups in total. The predicted octanol–water partition coefficient (Wildman–Crippen LogP) is 2.43. The summed E-state index contributed by atoms with van der Waals surface area (Å²) in [6.07, 6.45) is -3.76. The largest absolute Gasteiger partial charge is 0.477 e. The number of aromatic nitrogens is 1. The van der Waals surface area contributed by atoms with E-state index in [1.165, 1.54) is 6.20 Å². The maximum absolute atomic E-state index is 11.9. The number of nitrogens with zero attached hydrogens (tertiary/aromatic N) is 1. The van der Waals surface area contributed by atoms with Crippen molar-refractivity contribution in [2.75, 3.05) is 6.61 Å². The molecule has 0 aliphatic rings. The molecule has 1 aromatic heterocycles. The quantitative estimate of drug-likeness (QED) is 0.870. The van der Waals surface area contributed by atoms with Crippen molar-refractivity contribution in [3.63, 3.8) is 0 Å². The normalized spacial score (nSPS) is 13.6. The summed E-state index contributed by atoms with van der Waals surface area (Å²) in [5.74, 6) is 0.168. The maximum atomic E-state index is 11.9. The number of rotatable bonds is 4. The highest BCUT2D eigenvalue weighted by Gasteiger charge is 2.27. The molecule has 0 aliphatic heterocycles. The zero-order chi connectivity index (χ0) is 12.2. The number of pyridine rings is 1. The average Bonchev–Trinajstić information content (AvgIpc) is 2.16. The first-order chi connectivity index (χ1) is 7.40. The van der Waals surface area contributed by atoms with Crippen LogP contribution in [0.3, 0.4) is 0 Å². The van der Waals surface area contributed by atoms with Crippen LogP contribution in [-0.4, -0.2) is 17.8 Å². The van der Waals surface area contributed by atoms with Crippen LogP contribution in [0.15, 0.2) is 18.3 Å². The Kier molecular flexibility index (Phi) is 4.12. The van der Waals surface area contributed by atoms with Gasteiger partial charge in [0.05, 0.1) is 13.0 Å². The highest BCUT2D eigenvalue weighted by molar-refractivity contribution is 5.28. The van der Waals surface area contributed by atoms with Crippen LogP contribution < -0.4 is 10.5 Å². The van der Waals surface area contributed by atoms with Gasteiger partial charge in [0.1, 0.15) is 0 Å². The third-order valence-corrected chi connectivity index (χ3v) is 1.92. The minimum absolute atomic E-state index is 0.168. The second-order valence-corrected chi connectivity index (χ2v) is 3.40. The topological polar surface area (TPSA) is 48.1 Å². The van der Waals surface area contributed by atoms with Crippen LogP contribution in [-0.2, 0) is 0 Å². The smallest absolute Gasteiger partial charge is 0.392 e. The van der Waals surface area contributed by atoms with Crippen molar-refractivity contribution in [1.29, 1.82) is 0 Å². The molecular weight excluding hydrogens is 221 g/mol. The number of hydrogen-bond donors (Lipinski definition) is 1. The van der Waals surface area contributed by atoms with Gasteiger partial charge in [-0.05, 0) is 13.0 Å². The van der Waals surface area contributed by atoms with Gasteiger partial charge in [0.2, 0.25) is 5.88 Å². The standard InChI is InChI=1S/C10H13F3N2O/c1-7(14)8-3-2-5-15-9(8)16-6-4-10(11,12)13/h2-3,5,7H,4,6,14H2,1H3. The van der Waals surface area contributed by atoms with Crippen LogP contribution >= 0.6 is 0 Å². The van der Waals surface area contributed by atoms with E-state index in [0.29, 0.717) is 5.56 Å². The molecule has 1 heterocycles. The van der Waals surface area contributed by atoms with E-state index in [4.69, 9.17) is 10.5 Å². The summed E-state index contributed by atoms with van der Waals surface area (Å²) in [6, 6.07) is 3.02. The van der Waals surface area contributed by atoms with Gasteiger partial charge in [0, 0.05) is 17.8 Å². The molecule has 0 radical (unpaired) electrons. The van der Waals surface area contributed by atoms with Crippen molar-refractivity contribution >= 4 is 0 Å². The minimum atomic E-state index is -4.22. The molecule has 1 rings (SSSR count). The lowest BCUT2D eigenvalue weighted by Crippen LogP contribution is -2.15. The summed E-state index contributed by atoms with van der Waals surface area (Å²) in [4.78, 5) is 3.85. The van der Waals surface area contributed by atoms with Crippen LogP contribution in [0.4, 0.5) is 13.2 Å². The summed E-state index contributed by atoms with van der Waals surface area (Å²) in [5, 5.41) is 0. The summed E-state index contributed by atoms with van der Waals surface area (Å²) in [5.41, 5.74) is 6.23. The highest BCUT2D eigenvalue weighted by atomic mass is 19.4. The number of ether oxygens (including phenoxy) is 1. The molecule has 0 amide bonds. The summed E-state index contributed by atoms with van der Waals surface area (Å²) in [6.45, 7) is 1.27. The van der Waals surface area contributed by atoms with E-state index in [-0.39, 0.29) is 11.9 Å². The van der Waals surface area contributed by atoms with E-state index in [1.54, 1.807) is 19.1 Å². The highest BCUT2D eigenvalue weighted by Crippen LogP contribution is 2.23. The van der Waals surface area contributed by atoms with Crippen LogP contribution in [0.25, 0.3) is 0 Å². The van der Waals surface area contributed by atoms with Crippen molar-refractivity contribution in [2.24, 2.45) is 5.73 Å². The van der Waals surface area contributed by atoms with Crippen molar-refractivity contribution < 1.29 is 17.9 Å². The van der Waals surface area contributed by atoms with Gasteiger partial charge < -0.3 is 10.5 Å². The lowest BCUT2D eigenvalue weighted by Gasteiger charge is -2.13. The third-order valence-electron chi connectivity index (χ3n) is 1.92. The molecule has 0 fully saturated rings. The molecule has 16 heavy (non-hydrogen) atoms. The molecule has 0 saturated heterocycles. The van der Waals surface area contributed by atoms with Crippen LogP contribution in [0.2, 0.25) is 0 Å². The zero-order valence-electron chi connectivity index (χ0n) is 8.79. The molecule has 1 unspecified atom stereocenters. The predicted molar refractivity (Wildman–Crippen MR) is 53.0 cm³/mol. The van der Waals surface area contributed by atoms with Gasteiger partial charge in [-0.2, -0.15) is 13.2 Å². The summed E-state index contributed by atoms with van der Waals surface area (Å²) in [7, 11) is 0. The van der Waals surface area contributed by atoms with Crippen LogP contribution in [0.5, 0.6) is 5.88 Å². The molecule has 0 aliphatic carbocycles. The number of nitrogens with two attached hydrogens (primary N) is 1. The third kappa shape index (κ3) is 4.06. The number of hydrogen-bond acceptors (Lipinski definition) is 3. The fourth-order valence-corrected chi connectivity index (χ4v) is 1.13. The lowest BCUT2D eigenvalue weighted by molar-refractivity contribution is -0.139. The molecule has 3 nitrogen and oxygen atoms in total. The van der Waals surface area contributed by atoms with Crippen molar-refractivity contribution in [1.82, 2.24) is 4.98 Å². The fraction of sp³-hybridized carbons (Fsp3) is 0.500. The van der Waals surface area contributed by atoms with Crippen molar-refractivity contribution in [3.8, 4) is 5.88 Å². The van der Waals surface area contributed by atoms with E-state index in [0.717, 1.165) is 0 Å². The second-order valence-electron chi connectivity index (χ2n) is 3.40. The van der Waals surface area contributed by atoms with E-state index in [9.17, 15) is 13.2 Å². The molecule has 1 aromatic rings. The summed E-state index contributed by atoms with van der Waals surface area (Å²) < 4.78 is 40.6. The van der Waals surface area contributed by atoms with Gasteiger partial charge in [-0.3, -0.25) is 0 Å². The Labute approximate surface area is 91.4 Å². The van der Waals surface area contributed by atoms with E-state index in [1.807, 2.05) is 0 Å². The molecule has 6 heteroatoms. The Morgan fingerprint density at radius 3 is 2.75 bits per heavy atom. The first kappa shape index (κ1) is 12.8. The fourth-order valence-electron chi connectivity index (χ4n) is 1.13. The van der Waals surface area contributed by atoms with E-state index < -0.39 is 19.2 Å². The van der Waals surface area contributed by atoms with Gasteiger partial charge in [0.25, 0.3) is 0 Å². The first-order valence-corrected chi connectivity index (χ1v) is 4.80. The average molecular weight is 234 g/mol. The molecule has 90 valence electrons. The number of alkyl halides is 3. The Hall–Kier alpha value is -1.30. The zero-order valence-corrected chi connectivity index (χ0v) is 8.79. The van der Waals surface area contributed by atoms with Crippen LogP contribution in [0.1, 0.15) is 24.9 Å². The molecule has 0 bridgehead atoms. The van der Waals surface area contributed by atoms with Gasteiger partial charge in [0.15, 0.2) is 0 Å². The molecule has 1 atom stereocenters. The molecule has 0 saturated carbocycles. The van der Waals surface area contributed by atoms with Crippen molar-refractivity contribution in [3.05, 3.63) is 23.9 Å². The summed E-state index contributed by atoms with van der Waals surface area (Å²) >= 11 is 0. The van der Waals surface area contributed by atoms with Gasteiger partial charge in [-0.1, -0.05) is 6.07 Å². The van der Waals surface area contributed by atoms with Crippen molar-refractivity contribution in [2.45, 2.75) is 25.6 Å². The Balaban J connectivity index is 2.60. The van der Waals surface area contributed by atoms with Gasteiger partial charge in [-0.15, -0.1) is 0 Å². The maximum Gasteiger partial charge on any atom is 0.392 e. The number of halogens is 3. The first-order valence-electron chi connectivity index (χ1n) is 4.80. The Morgan fingerprint density at radius 1 is 1.50 bits per heavy atom. The van der Waals surface area contributed by atoms with Gasteiger partial charge >= 0.3 is 6.18 Å². The van der Waals surface area contributed by atoms with Crippen LogP contribution in [0, 0.1) is 0 Å². The second kappa shape index (κ2) is 5.16. The minimum Gasteiger partial charge on any atom is -0.477 e. The van der Waals surface area contributed by atoms with E-state index >= 15 is 0 Å². The Morgan fingerprint density at radius 2 is 2.19 bits per heavy atom.